The molecule has 0 atom stereocenters. The van der Waals surface area contributed by atoms with Gasteiger partial charge >= 0.3 is 0 Å². The van der Waals surface area contributed by atoms with Gasteiger partial charge in [0.25, 0.3) is 0 Å². The average molecular weight is 510 g/mol. The van der Waals surface area contributed by atoms with Crippen LogP contribution >= 0.6 is 35.6 Å². The number of hydrogen-bond acceptors (Lipinski definition) is 2. The first kappa shape index (κ1) is 22.2. The molecule has 3 rings (SSSR count). The van der Waals surface area contributed by atoms with E-state index in [-0.39, 0.29) is 24.0 Å². The molecule has 1 heterocycles. The predicted octanol–water partition coefficient (Wildman–Crippen LogP) is 4.46. The summed E-state index contributed by atoms with van der Waals surface area (Å²) in [6.07, 6.45) is 5.59. The van der Waals surface area contributed by atoms with Gasteiger partial charge in [-0.3, -0.25) is 0 Å². The number of halogens is 2. The summed E-state index contributed by atoms with van der Waals surface area (Å²) in [5.74, 6) is 0.801. The molecule has 28 heavy (non-hydrogen) atoms. The Morgan fingerprint density at radius 1 is 1.00 bits per heavy atom. The third-order valence-electron chi connectivity index (χ3n) is 4.08. The van der Waals surface area contributed by atoms with Gasteiger partial charge < -0.3 is 15.2 Å². The van der Waals surface area contributed by atoms with Gasteiger partial charge in [-0.15, -0.1) is 24.0 Å². The lowest BCUT2D eigenvalue weighted by Crippen LogP contribution is -2.36. The smallest absolute Gasteiger partial charge is 0.191 e. The molecule has 0 aliphatic heterocycles. The van der Waals surface area contributed by atoms with Crippen LogP contribution in [0.25, 0.3) is 0 Å². The third-order valence-corrected chi connectivity index (χ3v) is 4.34. The van der Waals surface area contributed by atoms with E-state index in [0.717, 1.165) is 36.2 Å². The van der Waals surface area contributed by atoms with Gasteiger partial charge in [0.2, 0.25) is 0 Å². The molecule has 0 bridgehead atoms. The summed E-state index contributed by atoms with van der Waals surface area (Å²) in [5, 5.41) is 7.40. The number of nitrogens with one attached hydrogen (secondary N) is 2. The number of guanidine groups is 1. The van der Waals surface area contributed by atoms with Crippen molar-refractivity contribution in [3.05, 3.63) is 89.0 Å². The van der Waals surface area contributed by atoms with Crippen molar-refractivity contribution in [3.8, 4) is 0 Å². The Morgan fingerprint density at radius 3 is 2.32 bits per heavy atom. The van der Waals surface area contributed by atoms with Gasteiger partial charge in [-0.1, -0.05) is 48.0 Å². The number of imidazole rings is 1. The molecule has 0 unspecified atom stereocenters. The summed E-state index contributed by atoms with van der Waals surface area (Å²) in [6.45, 7) is 5.04. The second kappa shape index (κ2) is 11.7. The van der Waals surface area contributed by atoms with Crippen molar-refractivity contribution in [2.45, 2.75) is 26.6 Å². The summed E-state index contributed by atoms with van der Waals surface area (Å²) >= 11 is 5.93. The van der Waals surface area contributed by atoms with Gasteiger partial charge in [0.1, 0.15) is 0 Å². The Labute approximate surface area is 188 Å². The quantitative estimate of drug-likeness (QED) is 0.281. The molecule has 2 aromatic carbocycles. The largest absolute Gasteiger partial charge is 0.357 e. The van der Waals surface area contributed by atoms with E-state index in [2.05, 4.69) is 56.4 Å². The lowest BCUT2D eigenvalue weighted by molar-refractivity contribution is 0.793. The van der Waals surface area contributed by atoms with Crippen LogP contribution in [0.5, 0.6) is 0 Å². The fraction of sp³-hybridized carbons (Fsp3) is 0.238. The van der Waals surface area contributed by atoms with Crippen LogP contribution in [0.3, 0.4) is 0 Å². The maximum atomic E-state index is 5.93. The van der Waals surface area contributed by atoms with E-state index in [1.54, 1.807) is 6.20 Å². The molecule has 0 spiro atoms. The molecule has 3 aromatic rings. The Morgan fingerprint density at radius 2 is 1.68 bits per heavy atom. The number of hydrogen-bond donors (Lipinski definition) is 2. The Hall–Kier alpha value is -2.06. The molecule has 0 saturated carbocycles. The zero-order valence-electron chi connectivity index (χ0n) is 15.8. The van der Waals surface area contributed by atoms with Crippen LogP contribution in [0.1, 0.15) is 23.6 Å². The normalized spacial score (nSPS) is 11.0. The molecule has 0 fully saturated rings. The molecule has 7 heteroatoms. The van der Waals surface area contributed by atoms with E-state index in [4.69, 9.17) is 11.6 Å². The van der Waals surface area contributed by atoms with Gasteiger partial charge in [-0.2, -0.15) is 0 Å². The van der Waals surface area contributed by atoms with Crippen LogP contribution in [0.2, 0.25) is 5.02 Å². The van der Waals surface area contributed by atoms with E-state index in [1.165, 1.54) is 11.1 Å². The van der Waals surface area contributed by atoms with Crippen molar-refractivity contribution in [1.29, 1.82) is 0 Å². The maximum absolute atomic E-state index is 5.93. The number of nitrogens with zero attached hydrogens (tertiary/aromatic N) is 3. The molecule has 2 N–H and O–H groups in total. The van der Waals surface area contributed by atoms with Crippen LogP contribution < -0.4 is 10.6 Å². The van der Waals surface area contributed by atoms with E-state index in [1.807, 2.05) is 36.8 Å². The molecular weight excluding hydrogens is 485 g/mol. The summed E-state index contributed by atoms with van der Waals surface area (Å²) in [7, 11) is 0. The van der Waals surface area contributed by atoms with E-state index in [0.29, 0.717) is 6.54 Å². The van der Waals surface area contributed by atoms with E-state index < -0.39 is 0 Å². The van der Waals surface area contributed by atoms with Crippen LogP contribution in [-0.4, -0.2) is 22.1 Å². The van der Waals surface area contributed by atoms with Crippen molar-refractivity contribution in [2.75, 3.05) is 6.54 Å². The highest BCUT2D eigenvalue weighted by molar-refractivity contribution is 14.0. The standard InChI is InChI=1S/C21H24ClN5.HI/c1-2-24-21(26-14-18-7-9-20(22)10-8-18)25-13-17-3-5-19(6-4-17)15-27-12-11-23-16-27;/h3-12,16H,2,13-15H2,1H3,(H2,24,25,26);1H. The van der Waals surface area contributed by atoms with Crippen molar-refractivity contribution < 1.29 is 0 Å². The summed E-state index contributed by atoms with van der Waals surface area (Å²) < 4.78 is 2.06. The molecular formula is C21H25ClIN5. The predicted molar refractivity (Wildman–Crippen MR) is 126 cm³/mol. The fourth-order valence-electron chi connectivity index (χ4n) is 2.64. The van der Waals surface area contributed by atoms with Crippen molar-refractivity contribution in [2.24, 2.45) is 4.99 Å². The van der Waals surface area contributed by atoms with E-state index >= 15 is 0 Å². The molecule has 0 aliphatic rings. The van der Waals surface area contributed by atoms with Gasteiger partial charge in [0.05, 0.1) is 12.9 Å². The number of benzene rings is 2. The first-order valence-corrected chi connectivity index (χ1v) is 9.41. The van der Waals surface area contributed by atoms with Gasteiger partial charge in [-0.05, 0) is 35.7 Å². The number of aromatic nitrogens is 2. The first-order valence-electron chi connectivity index (χ1n) is 9.03. The highest BCUT2D eigenvalue weighted by atomic mass is 127. The lowest BCUT2D eigenvalue weighted by Gasteiger charge is -2.12. The molecule has 0 amide bonds. The van der Waals surface area contributed by atoms with Crippen LogP contribution in [0, 0.1) is 0 Å². The summed E-state index contributed by atoms with van der Waals surface area (Å²) in [6, 6.07) is 16.3. The van der Waals surface area contributed by atoms with Crippen molar-refractivity contribution >= 4 is 41.5 Å². The Balaban J connectivity index is 0.00000280. The minimum Gasteiger partial charge on any atom is -0.357 e. The molecule has 0 saturated heterocycles. The first-order chi connectivity index (χ1) is 13.2. The van der Waals surface area contributed by atoms with Crippen LogP contribution in [0.15, 0.2) is 72.2 Å². The summed E-state index contributed by atoms with van der Waals surface area (Å²) in [5.41, 5.74) is 3.59. The molecule has 5 nitrogen and oxygen atoms in total. The van der Waals surface area contributed by atoms with Gasteiger partial charge in [0, 0.05) is 37.1 Å². The lowest BCUT2D eigenvalue weighted by atomic mass is 10.1. The second-order valence-electron chi connectivity index (χ2n) is 6.23. The molecule has 148 valence electrons. The zero-order chi connectivity index (χ0) is 18.9. The molecule has 1 aromatic heterocycles. The number of rotatable bonds is 7. The van der Waals surface area contributed by atoms with Crippen LogP contribution in [-0.2, 0) is 19.6 Å². The number of aliphatic imine (C=N–C) groups is 1. The second-order valence-corrected chi connectivity index (χ2v) is 6.66. The monoisotopic (exact) mass is 509 g/mol. The van der Waals surface area contributed by atoms with Crippen LogP contribution in [0.4, 0.5) is 0 Å². The van der Waals surface area contributed by atoms with Crippen molar-refractivity contribution in [3.63, 3.8) is 0 Å². The highest BCUT2D eigenvalue weighted by Crippen LogP contribution is 2.10. The Kier molecular flexibility index (Phi) is 9.30. The fourth-order valence-corrected chi connectivity index (χ4v) is 2.77. The zero-order valence-corrected chi connectivity index (χ0v) is 18.9. The van der Waals surface area contributed by atoms with Gasteiger partial charge in [0.15, 0.2) is 5.96 Å². The Bertz CT molecular complexity index is 846. The highest BCUT2D eigenvalue weighted by Gasteiger charge is 2.00. The van der Waals surface area contributed by atoms with E-state index in [9.17, 15) is 0 Å². The minimum absolute atomic E-state index is 0. The average Bonchev–Trinajstić information content (AvgIpc) is 3.19. The molecule has 0 radical (unpaired) electrons. The minimum atomic E-state index is 0. The summed E-state index contributed by atoms with van der Waals surface area (Å²) in [4.78, 5) is 8.71. The maximum Gasteiger partial charge on any atom is 0.191 e. The third kappa shape index (κ3) is 7.16. The topological polar surface area (TPSA) is 54.2 Å². The van der Waals surface area contributed by atoms with Crippen molar-refractivity contribution in [1.82, 2.24) is 20.2 Å². The SMILES string of the molecule is CCNC(=NCc1ccc(Cl)cc1)NCc1ccc(Cn2ccnc2)cc1.I. The molecule has 0 aliphatic carbocycles. The van der Waals surface area contributed by atoms with Gasteiger partial charge in [-0.25, -0.2) is 9.98 Å².